The number of carbonyl (C=O) groups is 2. The van der Waals surface area contributed by atoms with E-state index in [1.807, 2.05) is 18.2 Å². The standard InChI is InChI=1S/C16H16N2O6/c1-21-8-10-6-11-2-5-22-13(11)12(7-10)18-4-3-17-9-16(18)23-14(19)15(20)24-16/h2,5-7,17H,3-4,8-9H2,1H3. The van der Waals surface area contributed by atoms with Crippen LogP contribution < -0.4 is 10.2 Å². The minimum Gasteiger partial charge on any atom is -0.462 e. The molecule has 2 saturated heterocycles. The molecule has 2 aromatic rings. The van der Waals surface area contributed by atoms with Gasteiger partial charge in [-0.1, -0.05) is 0 Å². The minimum absolute atomic E-state index is 0.182. The Balaban J connectivity index is 1.83. The van der Waals surface area contributed by atoms with Gasteiger partial charge in [0.1, 0.15) is 0 Å². The van der Waals surface area contributed by atoms with Crippen molar-refractivity contribution in [3.05, 3.63) is 30.0 Å². The molecule has 126 valence electrons. The van der Waals surface area contributed by atoms with Crippen molar-refractivity contribution in [2.75, 3.05) is 31.6 Å². The number of carbonyl (C=O) groups excluding carboxylic acids is 2. The predicted octanol–water partition coefficient (Wildman–Crippen LogP) is 0.743. The highest BCUT2D eigenvalue weighted by Crippen LogP contribution is 2.37. The molecule has 2 aliphatic heterocycles. The van der Waals surface area contributed by atoms with Crippen molar-refractivity contribution in [1.29, 1.82) is 0 Å². The Labute approximate surface area is 137 Å². The third-order valence-corrected chi connectivity index (χ3v) is 4.14. The lowest BCUT2D eigenvalue weighted by Gasteiger charge is -2.41. The van der Waals surface area contributed by atoms with Gasteiger partial charge < -0.3 is 23.9 Å². The number of fused-ring (bicyclic) bond motifs is 1. The van der Waals surface area contributed by atoms with Crippen LogP contribution in [0.3, 0.4) is 0 Å². The Kier molecular flexibility index (Phi) is 3.43. The second-order valence-corrected chi connectivity index (χ2v) is 5.71. The second kappa shape index (κ2) is 5.50. The van der Waals surface area contributed by atoms with E-state index < -0.39 is 17.8 Å². The van der Waals surface area contributed by atoms with Crippen LogP contribution in [0.2, 0.25) is 0 Å². The molecular weight excluding hydrogens is 316 g/mol. The zero-order valence-electron chi connectivity index (χ0n) is 13.0. The molecular formula is C16H16N2O6. The number of furan rings is 1. The number of rotatable bonds is 3. The number of anilines is 1. The number of nitrogens with zero attached hydrogens (tertiary/aromatic N) is 1. The number of benzene rings is 1. The van der Waals surface area contributed by atoms with Gasteiger partial charge >= 0.3 is 17.8 Å². The van der Waals surface area contributed by atoms with Gasteiger partial charge in [0.2, 0.25) is 0 Å². The number of methoxy groups -OCH3 is 1. The van der Waals surface area contributed by atoms with E-state index in [0.717, 1.165) is 10.9 Å². The Morgan fingerprint density at radius 3 is 2.83 bits per heavy atom. The highest BCUT2D eigenvalue weighted by Gasteiger charge is 2.55. The largest absolute Gasteiger partial charge is 0.462 e. The third-order valence-electron chi connectivity index (χ3n) is 4.14. The molecule has 1 N–H and O–H groups in total. The molecule has 0 saturated carbocycles. The zero-order valence-corrected chi connectivity index (χ0v) is 13.0. The summed E-state index contributed by atoms with van der Waals surface area (Å²) in [5.74, 6) is -3.47. The van der Waals surface area contributed by atoms with Crippen LogP contribution in [-0.4, -0.2) is 44.6 Å². The summed E-state index contributed by atoms with van der Waals surface area (Å²) in [6, 6.07) is 5.70. The molecule has 0 aliphatic carbocycles. The van der Waals surface area contributed by atoms with Crippen molar-refractivity contribution >= 4 is 28.6 Å². The van der Waals surface area contributed by atoms with Crippen LogP contribution in [0.25, 0.3) is 11.0 Å². The fourth-order valence-electron chi connectivity index (χ4n) is 3.16. The van der Waals surface area contributed by atoms with Crippen molar-refractivity contribution in [3.8, 4) is 0 Å². The molecule has 1 aromatic carbocycles. The molecule has 4 rings (SSSR count). The minimum atomic E-state index is -1.49. The van der Waals surface area contributed by atoms with Crippen molar-refractivity contribution in [1.82, 2.24) is 5.32 Å². The Hall–Kier alpha value is -2.58. The van der Waals surface area contributed by atoms with E-state index in [2.05, 4.69) is 5.32 Å². The number of hydrogen-bond acceptors (Lipinski definition) is 8. The van der Waals surface area contributed by atoms with Gasteiger partial charge in [-0.2, -0.15) is 0 Å². The van der Waals surface area contributed by atoms with Crippen molar-refractivity contribution in [2.45, 2.75) is 12.5 Å². The maximum Gasteiger partial charge on any atom is 0.422 e. The van der Waals surface area contributed by atoms with Gasteiger partial charge in [0, 0.05) is 25.6 Å². The summed E-state index contributed by atoms with van der Waals surface area (Å²) in [7, 11) is 1.62. The Morgan fingerprint density at radius 1 is 1.29 bits per heavy atom. The monoisotopic (exact) mass is 332 g/mol. The van der Waals surface area contributed by atoms with Crippen LogP contribution in [0, 0.1) is 0 Å². The molecule has 0 unspecified atom stereocenters. The van der Waals surface area contributed by atoms with Crippen molar-refractivity contribution in [2.24, 2.45) is 0 Å². The van der Waals surface area contributed by atoms with Crippen LogP contribution in [0.4, 0.5) is 5.69 Å². The first-order valence-corrected chi connectivity index (χ1v) is 7.57. The van der Waals surface area contributed by atoms with Gasteiger partial charge in [0.05, 0.1) is 25.1 Å². The van der Waals surface area contributed by atoms with Crippen LogP contribution in [0.5, 0.6) is 0 Å². The summed E-state index contributed by atoms with van der Waals surface area (Å²) in [5.41, 5.74) is 2.26. The van der Waals surface area contributed by atoms with Gasteiger partial charge in [-0.25, -0.2) is 9.59 Å². The lowest BCUT2D eigenvalue weighted by Crippen LogP contribution is -2.62. The number of ether oxygens (including phenoxy) is 3. The van der Waals surface area contributed by atoms with Gasteiger partial charge in [-0.05, 0) is 23.8 Å². The SMILES string of the molecule is COCc1cc(N2CCNCC23OC(=O)C(=O)O3)c2occc2c1. The van der Waals surface area contributed by atoms with E-state index >= 15 is 0 Å². The van der Waals surface area contributed by atoms with Crippen LogP contribution in [-0.2, 0) is 30.4 Å². The molecule has 8 nitrogen and oxygen atoms in total. The molecule has 3 heterocycles. The summed E-state index contributed by atoms with van der Waals surface area (Å²) in [6.07, 6.45) is 1.59. The average Bonchev–Trinajstić information content (AvgIpc) is 3.13. The van der Waals surface area contributed by atoms with Crippen LogP contribution >= 0.6 is 0 Å². The summed E-state index contributed by atoms with van der Waals surface area (Å²) in [5, 5.41) is 3.98. The summed E-state index contributed by atoms with van der Waals surface area (Å²) < 4.78 is 21.4. The molecule has 2 aliphatic rings. The summed E-state index contributed by atoms with van der Waals surface area (Å²) >= 11 is 0. The maximum atomic E-state index is 11.6. The van der Waals surface area contributed by atoms with E-state index in [4.69, 9.17) is 18.6 Å². The topological polar surface area (TPSA) is 90.2 Å². The van der Waals surface area contributed by atoms with Crippen molar-refractivity contribution < 1.29 is 28.2 Å². The lowest BCUT2D eigenvalue weighted by molar-refractivity contribution is -0.180. The van der Waals surface area contributed by atoms with Crippen molar-refractivity contribution in [3.63, 3.8) is 0 Å². The summed E-state index contributed by atoms with van der Waals surface area (Å²) in [6.45, 7) is 1.73. The zero-order chi connectivity index (χ0) is 16.7. The van der Waals surface area contributed by atoms with Gasteiger partial charge in [-0.3, -0.25) is 4.90 Å². The Morgan fingerprint density at radius 2 is 2.08 bits per heavy atom. The number of hydrogen-bond donors (Lipinski definition) is 1. The molecule has 24 heavy (non-hydrogen) atoms. The number of esters is 2. The first-order chi connectivity index (χ1) is 11.6. The van der Waals surface area contributed by atoms with Crippen LogP contribution in [0.15, 0.2) is 28.9 Å². The highest BCUT2D eigenvalue weighted by molar-refractivity contribution is 6.31. The van der Waals surface area contributed by atoms with Gasteiger partial charge in [-0.15, -0.1) is 0 Å². The van der Waals surface area contributed by atoms with E-state index in [0.29, 0.717) is 31.0 Å². The third kappa shape index (κ3) is 2.22. The van der Waals surface area contributed by atoms with Gasteiger partial charge in [0.15, 0.2) is 5.58 Å². The molecule has 0 bridgehead atoms. The molecule has 2 fully saturated rings. The predicted molar refractivity (Wildman–Crippen MR) is 82.1 cm³/mol. The first kappa shape index (κ1) is 15.0. The fourth-order valence-corrected chi connectivity index (χ4v) is 3.16. The second-order valence-electron chi connectivity index (χ2n) is 5.71. The highest BCUT2D eigenvalue weighted by atomic mass is 16.8. The van der Waals surface area contributed by atoms with Gasteiger partial charge in [0.25, 0.3) is 0 Å². The van der Waals surface area contributed by atoms with E-state index in [-0.39, 0.29) is 6.54 Å². The maximum absolute atomic E-state index is 11.6. The Bertz CT molecular complexity index is 798. The molecule has 0 radical (unpaired) electrons. The smallest absolute Gasteiger partial charge is 0.422 e. The molecule has 0 atom stereocenters. The lowest BCUT2D eigenvalue weighted by atomic mass is 10.1. The molecule has 1 aromatic heterocycles. The number of nitrogens with one attached hydrogen (secondary N) is 1. The molecule has 8 heteroatoms. The normalized spacial score (nSPS) is 19.8. The van der Waals surface area contributed by atoms with E-state index in [9.17, 15) is 9.59 Å². The number of piperazine rings is 1. The molecule has 0 amide bonds. The molecule has 1 spiro atoms. The fraction of sp³-hybridized carbons (Fsp3) is 0.375. The quantitative estimate of drug-likeness (QED) is 0.650. The van der Waals surface area contributed by atoms with E-state index in [1.54, 1.807) is 18.3 Å². The average molecular weight is 332 g/mol. The van der Waals surface area contributed by atoms with E-state index in [1.165, 1.54) is 0 Å². The summed E-state index contributed by atoms with van der Waals surface area (Å²) in [4.78, 5) is 25.0. The van der Waals surface area contributed by atoms with Crippen LogP contribution in [0.1, 0.15) is 5.56 Å². The first-order valence-electron chi connectivity index (χ1n) is 7.57.